The van der Waals surface area contributed by atoms with Gasteiger partial charge in [-0.3, -0.25) is 29.8 Å². The molecule has 0 aromatic heterocycles. The summed E-state index contributed by atoms with van der Waals surface area (Å²) in [6, 6.07) is 15.2. The number of anilines is 2. The van der Waals surface area contributed by atoms with Crippen LogP contribution in [0.2, 0.25) is 5.02 Å². The first kappa shape index (κ1) is 26.0. The van der Waals surface area contributed by atoms with E-state index in [-0.39, 0.29) is 23.6 Å². The Balaban J connectivity index is 1.48. The number of hydrogen-bond donors (Lipinski definition) is 2. The topological polar surface area (TPSA) is 148 Å². The predicted molar refractivity (Wildman–Crippen MR) is 139 cm³/mol. The van der Waals surface area contributed by atoms with Crippen molar-refractivity contribution in [3.8, 4) is 5.75 Å². The number of non-ortho nitro benzene ring substituents is 1. The van der Waals surface area contributed by atoms with E-state index in [1.165, 1.54) is 24.3 Å². The van der Waals surface area contributed by atoms with E-state index in [4.69, 9.17) is 16.3 Å². The smallest absolute Gasteiger partial charge is 0.335 e. The Morgan fingerprint density at radius 2 is 1.84 bits per heavy atom. The molecule has 0 spiro atoms. The summed E-state index contributed by atoms with van der Waals surface area (Å²) in [5.74, 6) is -1.94. The van der Waals surface area contributed by atoms with Crippen LogP contribution >= 0.6 is 11.6 Å². The van der Waals surface area contributed by atoms with Crippen molar-refractivity contribution in [2.75, 3.05) is 16.8 Å². The quantitative estimate of drug-likeness (QED) is 0.199. The van der Waals surface area contributed by atoms with Crippen molar-refractivity contribution in [1.29, 1.82) is 0 Å². The molecule has 2 N–H and O–H groups in total. The lowest BCUT2D eigenvalue weighted by Gasteiger charge is -2.26. The molecule has 5 amide bonds. The van der Waals surface area contributed by atoms with Gasteiger partial charge in [0.05, 0.1) is 10.6 Å². The van der Waals surface area contributed by atoms with Crippen LogP contribution in [0, 0.1) is 17.0 Å². The maximum absolute atomic E-state index is 13.0. The fourth-order valence-electron chi connectivity index (χ4n) is 3.49. The van der Waals surface area contributed by atoms with E-state index in [1.54, 1.807) is 36.4 Å². The van der Waals surface area contributed by atoms with Crippen LogP contribution in [0.15, 0.2) is 72.3 Å². The first-order valence-corrected chi connectivity index (χ1v) is 11.4. The summed E-state index contributed by atoms with van der Waals surface area (Å²) in [5.41, 5.74) is 1.27. The van der Waals surface area contributed by atoms with Gasteiger partial charge in [-0.2, -0.15) is 0 Å². The maximum atomic E-state index is 13.0. The van der Waals surface area contributed by atoms with Gasteiger partial charge < -0.3 is 10.1 Å². The molecule has 1 heterocycles. The average Bonchev–Trinajstić information content (AvgIpc) is 2.88. The molecule has 0 unspecified atom stereocenters. The van der Waals surface area contributed by atoms with E-state index < -0.39 is 28.7 Å². The molecule has 0 bridgehead atoms. The van der Waals surface area contributed by atoms with Gasteiger partial charge in [-0.25, -0.2) is 9.69 Å². The Kier molecular flexibility index (Phi) is 7.49. The van der Waals surface area contributed by atoms with Crippen LogP contribution in [0.25, 0.3) is 6.08 Å². The largest absolute Gasteiger partial charge is 0.484 e. The molecule has 0 radical (unpaired) electrons. The summed E-state index contributed by atoms with van der Waals surface area (Å²) in [4.78, 5) is 61.1. The molecule has 192 valence electrons. The highest BCUT2D eigenvalue weighted by Gasteiger charge is 2.37. The Morgan fingerprint density at radius 1 is 1.11 bits per heavy atom. The van der Waals surface area contributed by atoms with Crippen molar-refractivity contribution in [2.45, 2.75) is 6.92 Å². The van der Waals surface area contributed by atoms with E-state index in [9.17, 15) is 29.3 Å². The van der Waals surface area contributed by atoms with Crippen LogP contribution < -0.4 is 20.3 Å². The highest BCUT2D eigenvalue weighted by atomic mass is 35.5. The van der Waals surface area contributed by atoms with Crippen LogP contribution in [-0.2, 0) is 14.4 Å². The first-order valence-electron chi connectivity index (χ1n) is 11.1. The molecule has 0 atom stereocenters. The minimum Gasteiger partial charge on any atom is -0.484 e. The first-order chi connectivity index (χ1) is 18.1. The van der Waals surface area contributed by atoms with Crippen molar-refractivity contribution >= 4 is 58.5 Å². The average molecular weight is 535 g/mol. The highest BCUT2D eigenvalue weighted by Crippen LogP contribution is 2.25. The third kappa shape index (κ3) is 5.85. The summed E-state index contributed by atoms with van der Waals surface area (Å²) in [5, 5.41) is 16.2. The second kappa shape index (κ2) is 10.9. The molecular weight excluding hydrogens is 516 g/mol. The SMILES string of the molecule is Cc1ccc(NC(=O)COc2cccc(/C=C3/C(=O)NC(=O)N(c4ccc([N+](=O)[O-])cc4)C3=O)c2)cc1Cl. The number of halogens is 1. The third-order valence-electron chi connectivity index (χ3n) is 5.42. The number of benzene rings is 3. The van der Waals surface area contributed by atoms with Gasteiger partial charge >= 0.3 is 6.03 Å². The van der Waals surface area contributed by atoms with Crippen molar-refractivity contribution in [2.24, 2.45) is 0 Å². The molecule has 1 fully saturated rings. The Morgan fingerprint density at radius 3 is 2.53 bits per heavy atom. The van der Waals surface area contributed by atoms with Crippen LogP contribution in [-0.4, -0.2) is 35.3 Å². The second-order valence-electron chi connectivity index (χ2n) is 8.10. The van der Waals surface area contributed by atoms with E-state index in [0.29, 0.717) is 26.9 Å². The number of barbiturate groups is 1. The van der Waals surface area contributed by atoms with E-state index in [0.717, 1.165) is 17.7 Å². The van der Waals surface area contributed by atoms with Gasteiger partial charge in [0.2, 0.25) is 0 Å². The molecule has 12 heteroatoms. The molecule has 4 rings (SSSR count). The number of nitrogens with zero attached hydrogens (tertiary/aromatic N) is 2. The molecular formula is C26H19ClN4O7. The number of nitro groups is 1. The van der Waals surface area contributed by atoms with E-state index >= 15 is 0 Å². The number of nitrogens with one attached hydrogen (secondary N) is 2. The molecule has 3 aromatic rings. The molecule has 38 heavy (non-hydrogen) atoms. The van der Waals surface area contributed by atoms with Crippen LogP contribution in [0.4, 0.5) is 21.9 Å². The number of carbonyl (C=O) groups is 4. The summed E-state index contributed by atoms with van der Waals surface area (Å²) in [7, 11) is 0. The van der Waals surface area contributed by atoms with Gasteiger partial charge in [-0.05, 0) is 60.5 Å². The Labute approximate surface area is 220 Å². The Bertz CT molecular complexity index is 1500. The summed E-state index contributed by atoms with van der Waals surface area (Å²) in [6.07, 6.45) is 1.27. The van der Waals surface area contributed by atoms with Gasteiger partial charge in [0.15, 0.2) is 6.61 Å². The molecule has 1 saturated heterocycles. The lowest BCUT2D eigenvalue weighted by Crippen LogP contribution is -2.54. The van der Waals surface area contributed by atoms with Crippen molar-refractivity contribution in [1.82, 2.24) is 5.32 Å². The van der Waals surface area contributed by atoms with Gasteiger partial charge in [0, 0.05) is 22.8 Å². The number of amides is 5. The molecule has 1 aliphatic rings. The molecule has 3 aromatic carbocycles. The zero-order valence-electron chi connectivity index (χ0n) is 19.8. The van der Waals surface area contributed by atoms with Crippen LogP contribution in [0.3, 0.4) is 0 Å². The minimum atomic E-state index is -0.982. The number of urea groups is 1. The highest BCUT2D eigenvalue weighted by molar-refractivity contribution is 6.39. The predicted octanol–water partition coefficient (Wildman–Crippen LogP) is 4.24. The van der Waals surface area contributed by atoms with Crippen molar-refractivity contribution < 1.29 is 28.8 Å². The standard InChI is InChI=1S/C26H19ClN4O7/c1-15-5-6-17(13-22(15)27)28-23(32)14-38-20-4-2-3-16(11-20)12-21-24(33)29-26(35)30(25(21)34)18-7-9-19(10-8-18)31(36)37/h2-13H,14H2,1H3,(H,28,32)(H,29,33,35)/b21-12-. The van der Waals surface area contributed by atoms with Crippen LogP contribution in [0.5, 0.6) is 5.75 Å². The third-order valence-corrected chi connectivity index (χ3v) is 5.82. The minimum absolute atomic E-state index is 0.0504. The fraction of sp³-hybridized carbons (Fsp3) is 0.0769. The number of carbonyl (C=O) groups excluding carboxylic acids is 4. The maximum Gasteiger partial charge on any atom is 0.335 e. The second-order valence-corrected chi connectivity index (χ2v) is 8.51. The zero-order valence-corrected chi connectivity index (χ0v) is 20.5. The number of aryl methyl sites for hydroxylation is 1. The van der Waals surface area contributed by atoms with Crippen LogP contribution in [0.1, 0.15) is 11.1 Å². The Hall–Kier alpha value is -5.03. The number of nitro benzene ring substituents is 1. The van der Waals surface area contributed by atoms with E-state index in [1.807, 2.05) is 6.92 Å². The monoisotopic (exact) mass is 534 g/mol. The summed E-state index contributed by atoms with van der Waals surface area (Å²) >= 11 is 6.07. The lowest BCUT2D eigenvalue weighted by atomic mass is 10.1. The molecule has 11 nitrogen and oxygen atoms in total. The lowest BCUT2D eigenvalue weighted by molar-refractivity contribution is -0.384. The summed E-state index contributed by atoms with van der Waals surface area (Å²) in [6.45, 7) is 1.53. The number of ether oxygens (including phenoxy) is 1. The zero-order chi connectivity index (χ0) is 27.4. The summed E-state index contributed by atoms with van der Waals surface area (Å²) < 4.78 is 5.54. The van der Waals surface area contributed by atoms with Crippen molar-refractivity contribution in [3.63, 3.8) is 0 Å². The number of rotatable bonds is 7. The normalized spacial score (nSPS) is 14.3. The van der Waals surface area contributed by atoms with E-state index in [2.05, 4.69) is 10.6 Å². The van der Waals surface area contributed by atoms with Gasteiger partial charge in [-0.1, -0.05) is 29.8 Å². The fourth-order valence-corrected chi connectivity index (χ4v) is 3.67. The van der Waals surface area contributed by atoms with Gasteiger partial charge in [0.1, 0.15) is 11.3 Å². The van der Waals surface area contributed by atoms with Crippen molar-refractivity contribution in [3.05, 3.63) is 98.6 Å². The molecule has 1 aliphatic heterocycles. The number of imide groups is 2. The van der Waals surface area contributed by atoms with Gasteiger partial charge in [-0.15, -0.1) is 0 Å². The van der Waals surface area contributed by atoms with Gasteiger partial charge in [0.25, 0.3) is 23.4 Å². The number of hydrogen-bond acceptors (Lipinski definition) is 7. The molecule has 0 saturated carbocycles. The molecule has 0 aliphatic carbocycles.